The Morgan fingerprint density at radius 1 is 1.40 bits per heavy atom. The number of hydrogen-bond donors (Lipinski definition) is 1. The summed E-state index contributed by atoms with van der Waals surface area (Å²) in [7, 11) is 0. The molecular weight excluding hydrogens is 190 g/mol. The molecule has 3 heteroatoms. The van der Waals surface area contributed by atoms with Gasteiger partial charge in [0.25, 0.3) is 0 Å². The molecule has 0 saturated heterocycles. The smallest absolute Gasteiger partial charge is 0.119 e. The average Bonchev–Trinajstić information content (AvgIpc) is 2.24. The largest absolute Gasteiger partial charge is 0.491 e. The third-order valence-electron chi connectivity index (χ3n) is 2.09. The fraction of sp³-hybridized carbons (Fsp3) is 0.500. The molecule has 15 heavy (non-hydrogen) atoms. The molecule has 84 valence electrons. The van der Waals surface area contributed by atoms with Crippen molar-refractivity contribution in [2.24, 2.45) is 5.73 Å². The highest BCUT2D eigenvalue weighted by Crippen LogP contribution is 2.12. The van der Waals surface area contributed by atoms with Gasteiger partial charge in [-0.3, -0.25) is 0 Å². The maximum absolute atomic E-state index is 5.59. The van der Waals surface area contributed by atoms with Crippen LogP contribution in [-0.2, 0) is 4.74 Å². The van der Waals surface area contributed by atoms with Crippen molar-refractivity contribution in [3.8, 4) is 5.75 Å². The van der Waals surface area contributed by atoms with Gasteiger partial charge in [-0.05, 0) is 31.5 Å². The lowest BCUT2D eigenvalue weighted by atomic mass is 10.2. The lowest BCUT2D eigenvalue weighted by Gasteiger charge is -2.15. The molecule has 3 nitrogen and oxygen atoms in total. The summed E-state index contributed by atoms with van der Waals surface area (Å²) in [5.41, 5.74) is 6.74. The van der Waals surface area contributed by atoms with Gasteiger partial charge in [0.2, 0.25) is 0 Å². The van der Waals surface area contributed by atoms with E-state index in [2.05, 4.69) is 0 Å². The summed E-state index contributed by atoms with van der Waals surface area (Å²) in [4.78, 5) is 0. The van der Waals surface area contributed by atoms with E-state index in [0.29, 0.717) is 19.8 Å². The highest BCUT2D eigenvalue weighted by Gasteiger charge is 2.06. The molecule has 0 saturated carbocycles. The Hall–Kier alpha value is -1.06. The predicted octanol–water partition coefficient (Wildman–Crippen LogP) is 1.74. The van der Waals surface area contributed by atoms with E-state index in [1.165, 1.54) is 5.56 Å². The Balaban J connectivity index is 2.41. The topological polar surface area (TPSA) is 44.5 Å². The van der Waals surface area contributed by atoms with E-state index in [9.17, 15) is 0 Å². The van der Waals surface area contributed by atoms with Gasteiger partial charge >= 0.3 is 0 Å². The van der Waals surface area contributed by atoms with Gasteiger partial charge in [0.1, 0.15) is 18.5 Å². The van der Waals surface area contributed by atoms with Gasteiger partial charge < -0.3 is 15.2 Å². The molecule has 0 fully saturated rings. The number of nitrogens with two attached hydrogens (primary N) is 1. The zero-order chi connectivity index (χ0) is 11.1. The van der Waals surface area contributed by atoms with E-state index in [1.54, 1.807) is 0 Å². The maximum atomic E-state index is 5.59. The molecule has 0 aliphatic heterocycles. The summed E-state index contributed by atoms with van der Waals surface area (Å²) >= 11 is 0. The third-order valence-corrected chi connectivity index (χ3v) is 2.09. The van der Waals surface area contributed by atoms with E-state index in [0.717, 1.165) is 5.75 Å². The van der Waals surface area contributed by atoms with E-state index < -0.39 is 0 Å². The Kier molecular flexibility index (Phi) is 5.15. The van der Waals surface area contributed by atoms with Crippen LogP contribution in [0.3, 0.4) is 0 Å². The van der Waals surface area contributed by atoms with Gasteiger partial charge in [0.15, 0.2) is 0 Å². The predicted molar refractivity (Wildman–Crippen MR) is 61.1 cm³/mol. The van der Waals surface area contributed by atoms with Crippen LogP contribution >= 0.6 is 0 Å². The zero-order valence-corrected chi connectivity index (χ0v) is 9.40. The summed E-state index contributed by atoms with van der Waals surface area (Å²) < 4.78 is 11.0. The van der Waals surface area contributed by atoms with E-state index in [1.807, 2.05) is 38.1 Å². The molecule has 1 unspecified atom stereocenters. The van der Waals surface area contributed by atoms with Gasteiger partial charge in [0, 0.05) is 13.2 Å². The lowest BCUT2D eigenvalue weighted by Crippen LogP contribution is -2.30. The van der Waals surface area contributed by atoms with Gasteiger partial charge in [-0.1, -0.05) is 12.1 Å². The second-order valence-electron chi connectivity index (χ2n) is 3.44. The molecule has 1 aromatic carbocycles. The Bertz CT molecular complexity index is 289. The number of rotatable bonds is 6. The summed E-state index contributed by atoms with van der Waals surface area (Å²) in [6, 6.07) is 7.95. The first-order valence-corrected chi connectivity index (χ1v) is 5.27. The van der Waals surface area contributed by atoms with Crippen LogP contribution in [0.15, 0.2) is 24.3 Å². The summed E-state index contributed by atoms with van der Waals surface area (Å²) in [5, 5.41) is 0. The molecule has 0 aliphatic rings. The number of aryl methyl sites for hydroxylation is 1. The van der Waals surface area contributed by atoms with Crippen LogP contribution in [0.2, 0.25) is 0 Å². The Labute approximate surface area is 91.2 Å². The normalized spacial score (nSPS) is 12.5. The van der Waals surface area contributed by atoms with Gasteiger partial charge in [-0.25, -0.2) is 0 Å². The third kappa shape index (κ3) is 4.32. The van der Waals surface area contributed by atoms with Crippen molar-refractivity contribution in [2.75, 3.05) is 19.8 Å². The minimum absolute atomic E-state index is 0.0180. The number of ether oxygens (including phenoxy) is 2. The fourth-order valence-corrected chi connectivity index (χ4v) is 1.31. The van der Waals surface area contributed by atoms with Crippen molar-refractivity contribution < 1.29 is 9.47 Å². The van der Waals surface area contributed by atoms with Crippen LogP contribution in [0.25, 0.3) is 0 Å². The number of hydrogen-bond acceptors (Lipinski definition) is 3. The Morgan fingerprint density at radius 2 is 2.20 bits per heavy atom. The molecular formula is C12H19NO2. The van der Waals surface area contributed by atoms with Gasteiger partial charge in [-0.2, -0.15) is 0 Å². The first-order chi connectivity index (χ1) is 7.26. The lowest BCUT2D eigenvalue weighted by molar-refractivity contribution is 0.0337. The van der Waals surface area contributed by atoms with E-state index in [4.69, 9.17) is 15.2 Å². The molecule has 0 heterocycles. The molecule has 1 atom stereocenters. The van der Waals surface area contributed by atoms with Crippen molar-refractivity contribution in [1.82, 2.24) is 0 Å². The number of benzene rings is 1. The first-order valence-electron chi connectivity index (χ1n) is 5.27. The van der Waals surface area contributed by atoms with Crippen LogP contribution in [0.5, 0.6) is 5.75 Å². The van der Waals surface area contributed by atoms with Crippen LogP contribution in [-0.4, -0.2) is 25.9 Å². The molecule has 1 aromatic rings. The summed E-state index contributed by atoms with van der Waals surface area (Å²) in [6.45, 7) is 5.65. The minimum Gasteiger partial charge on any atom is -0.491 e. The van der Waals surface area contributed by atoms with Gasteiger partial charge in [0.05, 0.1) is 0 Å². The van der Waals surface area contributed by atoms with Crippen LogP contribution in [0.1, 0.15) is 12.5 Å². The molecule has 2 N–H and O–H groups in total. The van der Waals surface area contributed by atoms with Crippen LogP contribution in [0.4, 0.5) is 0 Å². The van der Waals surface area contributed by atoms with Crippen molar-refractivity contribution in [1.29, 1.82) is 0 Å². The molecule has 0 bridgehead atoms. The molecule has 0 radical (unpaired) electrons. The van der Waals surface area contributed by atoms with Crippen LogP contribution in [0, 0.1) is 6.92 Å². The second kappa shape index (κ2) is 6.43. The van der Waals surface area contributed by atoms with Crippen molar-refractivity contribution in [2.45, 2.75) is 20.0 Å². The quantitative estimate of drug-likeness (QED) is 0.776. The molecule has 1 rings (SSSR count). The van der Waals surface area contributed by atoms with E-state index in [-0.39, 0.29) is 6.10 Å². The summed E-state index contributed by atoms with van der Waals surface area (Å²) in [5.74, 6) is 0.869. The molecule has 0 aromatic heterocycles. The zero-order valence-electron chi connectivity index (χ0n) is 9.40. The molecule has 0 spiro atoms. The SMILES string of the molecule is CCOC(CN)COc1cccc(C)c1. The minimum atomic E-state index is -0.0180. The fourth-order valence-electron chi connectivity index (χ4n) is 1.31. The van der Waals surface area contributed by atoms with Crippen molar-refractivity contribution >= 4 is 0 Å². The first kappa shape index (κ1) is 12.0. The molecule has 0 aliphatic carbocycles. The highest BCUT2D eigenvalue weighted by molar-refractivity contribution is 5.27. The standard InChI is InChI=1S/C12H19NO2/c1-3-14-12(8-13)9-15-11-6-4-5-10(2)7-11/h4-7,12H,3,8-9,13H2,1-2H3. The summed E-state index contributed by atoms with van der Waals surface area (Å²) in [6.07, 6.45) is -0.0180. The average molecular weight is 209 g/mol. The monoisotopic (exact) mass is 209 g/mol. The van der Waals surface area contributed by atoms with E-state index >= 15 is 0 Å². The van der Waals surface area contributed by atoms with Gasteiger partial charge in [-0.15, -0.1) is 0 Å². The maximum Gasteiger partial charge on any atom is 0.119 e. The van der Waals surface area contributed by atoms with Crippen molar-refractivity contribution in [3.05, 3.63) is 29.8 Å². The van der Waals surface area contributed by atoms with Crippen molar-refractivity contribution in [3.63, 3.8) is 0 Å². The second-order valence-corrected chi connectivity index (χ2v) is 3.44. The highest BCUT2D eigenvalue weighted by atomic mass is 16.5. The molecule has 0 amide bonds. The Morgan fingerprint density at radius 3 is 2.80 bits per heavy atom. The van der Waals surface area contributed by atoms with Crippen LogP contribution < -0.4 is 10.5 Å².